The first-order valence-electron chi connectivity index (χ1n) is 9.28. The number of benzene rings is 3. The number of carbonyl (C=O) groups excluding carboxylic acids is 1. The van der Waals surface area contributed by atoms with Crippen LogP contribution in [-0.4, -0.2) is 31.1 Å². The van der Waals surface area contributed by atoms with Crippen molar-refractivity contribution < 1.29 is 13.9 Å². The lowest BCUT2D eigenvalue weighted by molar-refractivity contribution is 0.203. The monoisotopic (exact) mass is 380 g/mol. The Hall–Kier alpha value is -3.08. The van der Waals surface area contributed by atoms with Gasteiger partial charge in [0.05, 0.1) is 7.11 Å². The third kappa shape index (κ3) is 4.80. The molecule has 28 heavy (non-hydrogen) atoms. The van der Waals surface area contributed by atoms with Crippen LogP contribution in [0.15, 0.2) is 60.7 Å². The number of amides is 2. The fourth-order valence-electron chi connectivity index (χ4n) is 3.25. The molecule has 0 aliphatic carbocycles. The molecule has 1 N–H and O–H groups in total. The van der Waals surface area contributed by atoms with E-state index in [4.69, 9.17) is 4.74 Å². The summed E-state index contributed by atoms with van der Waals surface area (Å²) >= 11 is 0. The van der Waals surface area contributed by atoms with Gasteiger partial charge < -0.3 is 15.0 Å². The van der Waals surface area contributed by atoms with E-state index in [0.29, 0.717) is 12.1 Å². The van der Waals surface area contributed by atoms with E-state index in [1.54, 1.807) is 19.2 Å². The SMILES string of the molecule is COc1ccc(CN(C)C(=O)NC(C)Cc2ccc3ccccc3c2)cc1F. The molecule has 0 saturated heterocycles. The lowest BCUT2D eigenvalue weighted by Gasteiger charge is -2.22. The zero-order valence-electron chi connectivity index (χ0n) is 16.4. The number of rotatable bonds is 6. The minimum atomic E-state index is -0.432. The summed E-state index contributed by atoms with van der Waals surface area (Å²) in [7, 11) is 3.12. The van der Waals surface area contributed by atoms with Gasteiger partial charge in [-0.15, -0.1) is 0 Å². The van der Waals surface area contributed by atoms with Crippen LogP contribution in [0.1, 0.15) is 18.1 Å². The normalized spacial score (nSPS) is 11.9. The molecular formula is C23H25FN2O2. The molecular weight excluding hydrogens is 355 g/mol. The highest BCUT2D eigenvalue weighted by molar-refractivity contribution is 5.83. The molecule has 0 fully saturated rings. The van der Waals surface area contributed by atoms with Crippen LogP contribution < -0.4 is 10.1 Å². The first-order valence-corrected chi connectivity index (χ1v) is 9.28. The highest BCUT2D eigenvalue weighted by Crippen LogP contribution is 2.19. The van der Waals surface area contributed by atoms with Crippen molar-refractivity contribution in [2.24, 2.45) is 0 Å². The van der Waals surface area contributed by atoms with Crippen LogP contribution in [0.5, 0.6) is 5.75 Å². The van der Waals surface area contributed by atoms with Crippen LogP contribution in [-0.2, 0) is 13.0 Å². The first-order chi connectivity index (χ1) is 13.5. The summed E-state index contributed by atoms with van der Waals surface area (Å²) in [5.74, 6) is -0.238. The summed E-state index contributed by atoms with van der Waals surface area (Å²) in [6.45, 7) is 2.30. The van der Waals surface area contributed by atoms with Crippen molar-refractivity contribution in [3.63, 3.8) is 0 Å². The molecule has 0 aliphatic rings. The standard InChI is InChI=1S/C23H25FN2O2/c1-16(12-17-8-10-19-6-4-5-7-20(19)13-17)25-23(27)26(2)15-18-9-11-22(28-3)21(24)14-18/h4-11,13-14,16H,12,15H2,1-3H3,(H,25,27). The van der Waals surface area contributed by atoms with Crippen molar-refractivity contribution in [3.8, 4) is 5.75 Å². The highest BCUT2D eigenvalue weighted by atomic mass is 19.1. The second-order valence-corrected chi connectivity index (χ2v) is 7.06. The lowest BCUT2D eigenvalue weighted by Crippen LogP contribution is -2.42. The van der Waals surface area contributed by atoms with Crippen molar-refractivity contribution in [1.29, 1.82) is 0 Å². The maximum atomic E-state index is 13.8. The smallest absolute Gasteiger partial charge is 0.317 e. The molecule has 0 spiro atoms. The Kier molecular flexibility index (Phi) is 6.14. The van der Waals surface area contributed by atoms with Gasteiger partial charge in [0.25, 0.3) is 0 Å². The van der Waals surface area contributed by atoms with E-state index >= 15 is 0 Å². The Bertz CT molecular complexity index is 974. The summed E-state index contributed by atoms with van der Waals surface area (Å²) in [5.41, 5.74) is 1.88. The molecule has 4 nitrogen and oxygen atoms in total. The zero-order valence-corrected chi connectivity index (χ0v) is 16.4. The second-order valence-electron chi connectivity index (χ2n) is 7.06. The van der Waals surface area contributed by atoms with E-state index in [1.807, 2.05) is 19.1 Å². The summed E-state index contributed by atoms with van der Waals surface area (Å²) in [4.78, 5) is 14.0. The van der Waals surface area contributed by atoms with Gasteiger partial charge in [0, 0.05) is 19.6 Å². The fourth-order valence-corrected chi connectivity index (χ4v) is 3.25. The van der Waals surface area contributed by atoms with Crippen LogP contribution in [0.3, 0.4) is 0 Å². The quantitative estimate of drug-likeness (QED) is 0.670. The fraction of sp³-hybridized carbons (Fsp3) is 0.261. The van der Waals surface area contributed by atoms with Gasteiger partial charge in [-0.1, -0.05) is 48.5 Å². The largest absolute Gasteiger partial charge is 0.494 e. The first kappa shape index (κ1) is 19.7. The van der Waals surface area contributed by atoms with E-state index in [0.717, 1.165) is 6.42 Å². The summed E-state index contributed by atoms with van der Waals surface area (Å²) in [6, 6.07) is 19.1. The maximum absolute atomic E-state index is 13.8. The van der Waals surface area contributed by atoms with Crippen LogP contribution in [0, 0.1) is 5.82 Å². The van der Waals surface area contributed by atoms with E-state index in [2.05, 4.69) is 35.6 Å². The van der Waals surface area contributed by atoms with E-state index < -0.39 is 5.82 Å². The molecule has 3 aromatic carbocycles. The zero-order chi connectivity index (χ0) is 20.1. The number of hydrogen-bond acceptors (Lipinski definition) is 2. The van der Waals surface area contributed by atoms with E-state index in [-0.39, 0.29) is 17.8 Å². The van der Waals surface area contributed by atoms with Crippen molar-refractivity contribution in [1.82, 2.24) is 10.2 Å². The topological polar surface area (TPSA) is 41.6 Å². The van der Waals surface area contributed by atoms with Gasteiger partial charge in [-0.05, 0) is 47.4 Å². The van der Waals surface area contributed by atoms with Gasteiger partial charge in [0.1, 0.15) is 0 Å². The molecule has 0 saturated carbocycles. The minimum Gasteiger partial charge on any atom is -0.494 e. The van der Waals surface area contributed by atoms with Gasteiger partial charge in [-0.2, -0.15) is 0 Å². The number of nitrogens with zero attached hydrogens (tertiary/aromatic N) is 1. The summed E-state index contributed by atoms with van der Waals surface area (Å²) in [6.07, 6.45) is 0.738. The van der Waals surface area contributed by atoms with Crippen molar-refractivity contribution in [2.45, 2.75) is 25.9 Å². The average molecular weight is 380 g/mol. The summed E-state index contributed by atoms with van der Waals surface area (Å²) in [5, 5.41) is 5.40. The molecule has 2 amide bonds. The number of hydrogen-bond donors (Lipinski definition) is 1. The Morgan fingerprint density at radius 1 is 1.07 bits per heavy atom. The molecule has 0 radical (unpaired) electrons. The Balaban J connectivity index is 1.57. The third-order valence-electron chi connectivity index (χ3n) is 4.71. The predicted molar refractivity (Wildman–Crippen MR) is 110 cm³/mol. The number of methoxy groups -OCH3 is 1. The van der Waals surface area contributed by atoms with Crippen LogP contribution in [0.4, 0.5) is 9.18 Å². The highest BCUT2D eigenvalue weighted by Gasteiger charge is 2.14. The number of nitrogens with one attached hydrogen (secondary N) is 1. The Morgan fingerprint density at radius 3 is 2.50 bits per heavy atom. The molecule has 3 rings (SSSR count). The van der Waals surface area contributed by atoms with E-state index in [9.17, 15) is 9.18 Å². The number of halogens is 1. The summed E-state index contributed by atoms with van der Waals surface area (Å²) < 4.78 is 18.7. The van der Waals surface area contributed by atoms with Crippen molar-refractivity contribution >= 4 is 16.8 Å². The molecule has 5 heteroatoms. The van der Waals surface area contributed by atoms with Gasteiger partial charge in [0.2, 0.25) is 0 Å². The van der Waals surface area contributed by atoms with E-state index in [1.165, 1.54) is 34.4 Å². The lowest BCUT2D eigenvalue weighted by atomic mass is 10.0. The van der Waals surface area contributed by atoms with Gasteiger partial charge in [-0.3, -0.25) is 0 Å². The van der Waals surface area contributed by atoms with Crippen LogP contribution in [0.2, 0.25) is 0 Å². The average Bonchev–Trinajstić information content (AvgIpc) is 2.68. The molecule has 1 atom stereocenters. The van der Waals surface area contributed by atoms with Crippen LogP contribution in [0.25, 0.3) is 10.8 Å². The molecule has 0 aliphatic heterocycles. The van der Waals surface area contributed by atoms with Gasteiger partial charge in [-0.25, -0.2) is 9.18 Å². The van der Waals surface area contributed by atoms with Crippen LogP contribution >= 0.6 is 0 Å². The number of ether oxygens (including phenoxy) is 1. The third-order valence-corrected chi connectivity index (χ3v) is 4.71. The predicted octanol–water partition coefficient (Wildman–Crippen LogP) is 4.76. The second kappa shape index (κ2) is 8.74. The maximum Gasteiger partial charge on any atom is 0.317 e. The molecule has 0 bridgehead atoms. The molecule has 146 valence electrons. The van der Waals surface area contributed by atoms with Crippen molar-refractivity contribution in [2.75, 3.05) is 14.2 Å². The molecule has 1 unspecified atom stereocenters. The number of carbonyl (C=O) groups is 1. The molecule has 0 aromatic heterocycles. The Labute approximate surface area is 164 Å². The van der Waals surface area contributed by atoms with Gasteiger partial charge >= 0.3 is 6.03 Å². The molecule has 0 heterocycles. The number of fused-ring (bicyclic) bond motifs is 1. The minimum absolute atomic E-state index is 0.0243. The molecule has 3 aromatic rings. The van der Waals surface area contributed by atoms with Gasteiger partial charge in [0.15, 0.2) is 11.6 Å². The Morgan fingerprint density at radius 2 is 1.79 bits per heavy atom. The van der Waals surface area contributed by atoms with Crippen molar-refractivity contribution in [3.05, 3.63) is 77.6 Å². The number of urea groups is 1.